The van der Waals surface area contributed by atoms with E-state index < -0.39 is 51.6 Å². The number of hydrogen-bond acceptors (Lipinski definition) is 11. The third kappa shape index (κ3) is 4.53. The number of aromatic hydroxyl groups is 3. The van der Waals surface area contributed by atoms with Crippen molar-refractivity contribution in [1.29, 1.82) is 0 Å². The second-order valence-corrected chi connectivity index (χ2v) is 7.66. The smallest absolute Gasteiger partial charge is 0.391 e. The molecule has 12 nitrogen and oxygen atoms in total. The monoisotopic (exact) mass is 488 g/mol. The molecule has 0 radical (unpaired) electrons. The molecule has 1 fully saturated rings. The molecule has 1 saturated heterocycles. The molecule has 0 aliphatic carbocycles. The van der Waals surface area contributed by atoms with Crippen LogP contribution in [-0.4, -0.2) is 63.0 Å². The molecule has 4 N–H and O–H groups in total. The Morgan fingerprint density at radius 3 is 2.34 bits per heavy atom. The predicted octanol–water partition coefficient (Wildman–Crippen LogP) is 1.01. The van der Waals surface area contributed by atoms with Crippen LogP contribution in [0, 0.1) is 5.82 Å². The summed E-state index contributed by atoms with van der Waals surface area (Å²) in [5, 5.41) is 31.3. The van der Waals surface area contributed by atoms with Gasteiger partial charge >= 0.3 is 11.9 Å². The average Bonchev–Trinajstić information content (AvgIpc) is 2.86. The summed E-state index contributed by atoms with van der Waals surface area (Å²) in [4.78, 5) is 52.6. The third-order valence-electron chi connectivity index (χ3n) is 5.46. The number of nitrogens with one attached hydrogen (secondary N) is 1. The quantitative estimate of drug-likeness (QED) is 0.235. The van der Waals surface area contributed by atoms with Crippen LogP contribution in [0.5, 0.6) is 17.2 Å². The standard InChI is InChI=1S/C22H21FN4O8/c1-2-26-10-13(22(33)35-34-21(32)11-7-15(28)18(31)16(29)8-11)17(30)12-9-14(23)20(25-19(12)26)27-5-3-24-4-6-27/h7-10,24,28-29,31H,2-6H2,1H3. The molecular weight excluding hydrogens is 467 g/mol. The molecule has 1 aliphatic rings. The number of phenolic OH excluding ortho intramolecular Hbond substituents is 3. The summed E-state index contributed by atoms with van der Waals surface area (Å²) < 4.78 is 16.3. The third-order valence-corrected chi connectivity index (χ3v) is 5.46. The molecule has 1 aliphatic heterocycles. The van der Waals surface area contributed by atoms with E-state index in [1.165, 1.54) is 10.8 Å². The normalized spacial score (nSPS) is 13.6. The van der Waals surface area contributed by atoms with Gasteiger partial charge in [-0.1, -0.05) is 0 Å². The van der Waals surface area contributed by atoms with Crippen LogP contribution in [0.15, 0.2) is 29.2 Å². The molecule has 0 unspecified atom stereocenters. The number of nitrogens with zero attached hydrogens (tertiary/aromatic N) is 3. The van der Waals surface area contributed by atoms with Crippen LogP contribution >= 0.6 is 0 Å². The van der Waals surface area contributed by atoms with Crippen LogP contribution in [0.4, 0.5) is 10.2 Å². The number of rotatable bonds is 4. The molecule has 0 atom stereocenters. The second-order valence-electron chi connectivity index (χ2n) is 7.66. The van der Waals surface area contributed by atoms with Crippen LogP contribution in [-0.2, 0) is 16.3 Å². The number of halogens is 1. The molecule has 0 amide bonds. The molecule has 13 heteroatoms. The fourth-order valence-corrected chi connectivity index (χ4v) is 3.65. The van der Waals surface area contributed by atoms with E-state index in [2.05, 4.69) is 20.1 Å². The van der Waals surface area contributed by atoms with Gasteiger partial charge in [0.05, 0.1) is 10.9 Å². The van der Waals surface area contributed by atoms with E-state index in [0.717, 1.165) is 18.2 Å². The highest BCUT2D eigenvalue weighted by Gasteiger charge is 2.24. The lowest BCUT2D eigenvalue weighted by atomic mass is 10.2. The van der Waals surface area contributed by atoms with E-state index >= 15 is 0 Å². The Labute approximate surface area is 196 Å². The molecule has 184 valence electrons. The van der Waals surface area contributed by atoms with Crippen molar-refractivity contribution in [3.05, 3.63) is 51.6 Å². The zero-order valence-corrected chi connectivity index (χ0v) is 18.4. The van der Waals surface area contributed by atoms with Gasteiger partial charge in [0.15, 0.2) is 28.9 Å². The fourth-order valence-electron chi connectivity index (χ4n) is 3.65. The van der Waals surface area contributed by atoms with Gasteiger partial charge in [-0.25, -0.2) is 28.7 Å². The van der Waals surface area contributed by atoms with E-state index in [0.29, 0.717) is 26.2 Å². The van der Waals surface area contributed by atoms with Gasteiger partial charge in [0.25, 0.3) is 0 Å². The maximum absolute atomic E-state index is 14.9. The minimum Gasteiger partial charge on any atom is -0.504 e. The summed E-state index contributed by atoms with van der Waals surface area (Å²) in [6.45, 7) is 4.41. The highest BCUT2D eigenvalue weighted by Crippen LogP contribution is 2.35. The van der Waals surface area contributed by atoms with Crippen LogP contribution in [0.2, 0.25) is 0 Å². The lowest BCUT2D eigenvalue weighted by Gasteiger charge is -2.29. The number of piperazine rings is 1. The first-order valence-electron chi connectivity index (χ1n) is 10.6. The van der Waals surface area contributed by atoms with Crippen molar-refractivity contribution in [2.45, 2.75) is 13.5 Å². The van der Waals surface area contributed by atoms with Crippen molar-refractivity contribution in [2.75, 3.05) is 31.1 Å². The molecule has 2 aromatic heterocycles. The number of fused-ring (bicyclic) bond motifs is 1. The fraction of sp³-hybridized carbons (Fsp3) is 0.273. The number of hydrogen-bond donors (Lipinski definition) is 4. The highest BCUT2D eigenvalue weighted by atomic mass is 19.1. The van der Waals surface area contributed by atoms with Crippen molar-refractivity contribution in [3.8, 4) is 17.2 Å². The first-order valence-corrected chi connectivity index (χ1v) is 10.6. The van der Waals surface area contributed by atoms with Gasteiger partial charge in [-0.2, -0.15) is 0 Å². The lowest BCUT2D eigenvalue weighted by Crippen LogP contribution is -2.44. The van der Waals surface area contributed by atoms with Gasteiger partial charge in [-0.05, 0) is 25.1 Å². The molecule has 0 bridgehead atoms. The number of benzene rings is 1. The number of aromatic nitrogens is 2. The number of aryl methyl sites for hydroxylation is 1. The maximum Gasteiger partial charge on any atom is 0.391 e. The van der Waals surface area contributed by atoms with Crippen molar-refractivity contribution >= 4 is 28.8 Å². The SMILES string of the molecule is CCn1cc(C(=O)OOC(=O)c2cc(O)c(O)c(O)c2)c(=O)c2cc(F)c(N3CCNCC3)nc21. The first-order chi connectivity index (χ1) is 16.7. The summed E-state index contributed by atoms with van der Waals surface area (Å²) in [6, 6.07) is 2.56. The van der Waals surface area contributed by atoms with E-state index in [9.17, 15) is 34.1 Å². The van der Waals surface area contributed by atoms with Gasteiger partial charge in [0.1, 0.15) is 11.2 Å². The van der Waals surface area contributed by atoms with Crippen LogP contribution < -0.4 is 15.6 Å². The zero-order valence-electron chi connectivity index (χ0n) is 18.4. The van der Waals surface area contributed by atoms with Gasteiger partial charge in [-0.15, -0.1) is 0 Å². The summed E-state index contributed by atoms with van der Waals surface area (Å²) in [7, 11) is 0. The zero-order chi connectivity index (χ0) is 25.3. The summed E-state index contributed by atoms with van der Waals surface area (Å²) in [5.74, 6) is -5.71. The predicted molar refractivity (Wildman–Crippen MR) is 119 cm³/mol. The van der Waals surface area contributed by atoms with E-state index in [1.54, 1.807) is 11.8 Å². The topological polar surface area (TPSA) is 163 Å². The average molecular weight is 488 g/mol. The molecule has 4 rings (SSSR count). The van der Waals surface area contributed by atoms with Crippen LogP contribution in [0.1, 0.15) is 27.6 Å². The molecular formula is C22H21FN4O8. The summed E-state index contributed by atoms with van der Waals surface area (Å²) in [6.07, 6.45) is 1.17. The Morgan fingerprint density at radius 1 is 1.09 bits per heavy atom. The van der Waals surface area contributed by atoms with E-state index in [4.69, 9.17) is 0 Å². The minimum atomic E-state index is -1.33. The number of carbonyl (C=O) groups is 2. The number of phenols is 3. The highest BCUT2D eigenvalue weighted by molar-refractivity contribution is 5.95. The van der Waals surface area contributed by atoms with Crippen LogP contribution in [0.3, 0.4) is 0 Å². The van der Waals surface area contributed by atoms with Gasteiger partial charge in [-0.3, -0.25) is 4.79 Å². The number of anilines is 1. The first kappa shape index (κ1) is 23.8. The van der Waals surface area contributed by atoms with Crippen LogP contribution in [0.25, 0.3) is 11.0 Å². The van der Waals surface area contributed by atoms with E-state index in [-0.39, 0.29) is 23.4 Å². The van der Waals surface area contributed by atoms with Crippen molar-refractivity contribution in [2.24, 2.45) is 0 Å². The van der Waals surface area contributed by atoms with E-state index in [1.807, 2.05) is 0 Å². The Kier molecular flexibility index (Phi) is 6.42. The molecule has 0 spiro atoms. The Balaban J connectivity index is 1.62. The number of carbonyl (C=O) groups excluding carboxylic acids is 2. The van der Waals surface area contributed by atoms with Gasteiger partial charge in [0, 0.05) is 38.9 Å². The van der Waals surface area contributed by atoms with Crippen molar-refractivity contribution in [1.82, 2.24) is 14.9 Å². The van der Waals surface area contributed by atoms with Crippen molar-refractivity contribution < 1.29 is 39.1 Å². The molecule has 1 aromatic carbocycles. The molecule has 3 aromatic rings. The molecule has 0 saturated carbocycles. The second kappa shape index (κ2) is 9.46. The minimum absolute atomic E-state index is 0.102. The summed E-state index contributed by atoms with van der Waals surface area (Å²) in [5.41, 5.74) is -1.67. The Morgan fingerprint density at radius 2 is 1.71 bits per heavy atom. The van der Waals surface area contributed by atoms with Gasteiger partial charge < -0.3 is 30.1 Å². The van der Waals surface area contributed by atoms with Crippen molar-refractivity contribution in [3.63, 3.8) is 0 Å². The Hall–Kier alpha value is -4.39. The maximum atomic E-state index is 14.9. The van der Waals surface area contributed by atoms with Gasteiger partial charge in [0.2, 0.25) is 5.43 Å². The lowest BCUT2D eigenvalue weighted by molar-refractivity contribution is -0.187. The molecule has 3 heterocycles. The Bertz CT molecular complexity index is 1360. The largest absolute Gasteiger partial charge is 0.504 e. The summed E-state index contributed by atoms with van der Waals surface area (Å²) >= 11 is 0. The number of pyridine rings is 2. The molecule has 35 heavy (non-hydrogen) atoms.